The van der Waals surface area contributed by atoms with Gasteiger partial charge in [0.1, 0.15) is 5.76 Å². The number of nitrogen functional groups attached to an aromatic ring is 1. The molecule has 2 rings (SSSR count). The largest absolute Gasteiger partial charge is 0.399 e. The monoisotopic (exact) mass is 288 g/mol. The van der Waals surface area contributed by atoms with E-state index < -0.39 is 0 Å². The van der Waals surface area contributed by atoms with E-state index in [1.807, 2.05) is 37.9 Å². The van der Waals surface area contributed by atoms with Crippen LogP contribution < -0.4 is 11.1 Å². The van der Waals surface area contributed by atoms with E-state index >= 15 is 0 Å². The fourth-order valence-electron chi connectivity index (χ4n) is 1.95. The Morgan fingerprint density at radius 3 is 2.86 bits per heavy atom. The average molecular weight is 288 g/mol. The fraction of sp³-hybridized carbons (Fsp3) is 0.333. The van der Waals surface area contributed by atoms with Crippen LogP contribution in [-0.4, -0.2) is 29.1 Å². The molecule has 0 radical (unpaired) electrons. The van der Waals surface area contributed by atoms with Crippen LogP contribution in [0.2, 0.25) is 0 Å². The zero-order valence-electron chi connectivity index (χ0n) is 12.5. The molecule has 6 heteroatoms. The Balaban J connectivity index is 1.95. The lowest BCUT2D eigenvalue weighted by Crippen LogP contribution is -2.39. The first kappa shape index (κ1) is 15.1. The molecule has 1 aromatic carbocycles. The van der Waals surface area contributed by atoms with Crippen LogP contribution in [-0.2, 0) is 11.3 Å². The number of hydrogen-bond donors (Lipinski definition) is 2. The van der Waals surface area contributed by atoms with Gasteiger partial charge in [0, 0.05) is 24.0 Å². The predicted octanol–water partition coefficient (Wildman–Crippen LogP) is 2.02. The van der Waals surface area contributed by atoms with Gasteiger partial charge in [-0.25, -0.2) is 0 Å². The van der Waals surface area contributed by atoms with Crippen molar-refractivity contribution < 1.29 is 9.32 Å². The predicted molar refractivity (Wildman–Crippen MR) is 81.7 cm³/mol. The second kappa shape index (κ2) is 6.41. The molecule has 112 valence electrons. The molecule has 0 aliphatic rings. The van der Waals surface area contributed by atoms with Gasteiger partial charge in [0.05, 0.1) is 11.7 Å². The van der Waals surface area contributed by atoms with Crippen LogP contribution in [0.5, 0.6) is 0 Å². The summed E-state index contributed by atoms with van der Waals surface area (Å²) in [4.78, 5) is 14.1. The molecule has 0 aliphatic heterocycles. The Bertz CT molecular complexity index is 624. The van der Waals surface area contributed by atoms with E-state index in [0.29, 0.717) is 17.9 Å². The van der Waals surface area contributed by atoms with Crippen LogP contribution >= 0.6 is 0 Å². The lowest BCUT2D eigenvalue weighted by atomic mass is 10.2. The molecule has 0 saturated carbocycles. The first-order valence-corrected chi connectivity index (χ1v) is 6.74. The van der Waals surface area contributed by atoms with Crippen LogP contribution in [0.1, 0.15) is 18.4 Å². The summed E-state index contributed by atoms with van der Waals surface area (Å²) in [6.07, 6.45) is 0. The summed E-state index contributed by atoms with van der Waals surface area (Å²) in [5.74, 6) is 0.665. The topological polar surface area (TPSA) is 84.4 Å². The first-order valence-electron chi connectivity index (χ1n) is 6.74. The molecule has 2 aromatic rings. The summed E-state index contributed by atoms with van der Waals surface area (Å²) in [6, 6.07) is 8.67. The molecule has 1 unspecified atom stereocenters. The first-order chi connectivity index (χ1) is 9.95. The van der Waals surface area contributed by atoms with Crippen molar-refractivity contribution in [3.8, 4) is 0 Å². The van der Waals surface area contributed by atoms with E-state index in [1.54, 1.807) is 18.2 Å². The van der Waals surface area contributed by atoms with Crippen molar-refractivity contribution >= 4 is 17.3 Å². The van der Waals surface area contributed by atoms with Gasteiger partial charge in [0.25, 0.3) is 0 Å². The van der Waals surface area contributed by atoms with Crippen LogP contribution in [0.4, 0.5) is 11.4 Å². The third-order valence-electron chi connectivity index (χ3n) is 3.28. The number of anilines is 2. The van der Waals surface area contributed by atoms with E-state index in [9.17, 15) is 4.79 Å². The molecule has 1 atom stereocenters. The maximum absolute atomic E-state index is 12.2. The minimum atomic E-state index is -0.302. The number of likely N-dealkylation sites (N-methyl/N-ethyl adjacent to an activating group) is 1. The highest BCUT2D eigenvalue weighted by atomic mass is 16.5. The highest BCUT2D eigenvalue weighted by Gasteiger charge is 2.19. The average Bonchev–Trinajstić information content (AvgIpc) is 2.83. The van der Waals surface area contributed by atoms with Gasteiger partial charge >= 0.3 is 0 Å². The standard InChI is InChI=1S/C15H20N4O2/c1-10-7-14(18-21-10)9-19(3)11(2)15(20)17-13-6-4-5-12(16)8-13/h4-8,11H,9,16H2,1-3H3,(H,17,20). The smallest absolute Gasteiger partial charge is 0.241 e. The van der Waals surface area contributed by atoms with Crippen LogP contribution in [0.25, 0.3) is 0 Å². The van der Waals surface area contributed by atoms with E-state index in [2.05, 4.69) is 10.5 Å². The third kappa shape index (κ3) is 4.06. The maximum atomic E-state index is 12.2. The summed E-state index contributed by atoms with van der Waals surface area (Å²) >= 11 is 0. The van der Waals surface area contributed by atoms with Crippen molar-refractivity contribution in [2.24, 2.45) is 0 Å². The highest BCUT2D eigenvalue weighted by molar-refractivity contribution is 5.94. The number of amides is 1. The summed E-state index contributed by atoms with van der Waals surface area (Å²) in [5, 5.41) is 6.78. The van der Waals surface area contributed by atoms with E-state index in [1.165, 1.54) is 0 Å². The third-order valence-corrected chi connectivity index (χ3v) is 3.28. The van der Waals surface area contributed by atoms with Gasteiger partial charge in [-0.3, -0.25) is 9.69 Å². The number of nitrogens with one attached hydrogen (secondary N) is 1. The van der Waals surface area contributed by atoms with E-state index in [4.69, 9.17) is 10.3 Å². The molecule has 0 saturated heterocycles. The number of aryl methyl sites for hydroxylation is 1. The molecule has 6 nitrogen and oxygen atoms in total. The Morgan fingerprint density at radius 2 is 2.24 bits per heavy atom. The molecule has 21 heavy (non-hydrogen) atoms. The van der Waals surface area contributed by atoms with Crippen molar-refractivity contribution in [1.29, 1.82) is 0 Å². The number of hydrogen-bond acceptors (Lipinski definition) is 5. The van der Waals surface area contributed by atoms with Gasteiger partial charge < -0.3 is 15.6 Å². The molecular formula is C15H20N4O2. The Hall–Kier alpha value is -2.34. The van der Waals surface area contributed by atoms with Gasteiger partial charge in [0.15, 0.2) is 0 Å². The van der Waals surface area contributed by atoms with Crippen molar-refractivity contribution in [2.75, 3.05) is 18.1 Å². The lowest BCUT2D eigenvalue weighted by Gasteiger charge is -2.22. The van der Waals surface area contributed by atoms with Gasteiger partial charge in [-0.1, -0.05) is 11.2 Å². The minimum Gasteiger partial charge on any atom is -0.399 e. The van der Waals surface area contributed by atoms with Crippen LogP contribution in [0.3, 0.4) is 0 Å². The number of rotatable bonds is 5. The SMILES string of the molecule is Cc1cc(CN(C)C(C)C(=O)Nc2cccc(N)c2)no1. The zero-order valence-corrected chi connectivity index (χ0v) is 12.5. The quantitative estimate of drug-likeness (QED) is 0.822. The molecule has 1 heterocycles. The highest BCUT2D eigenvalue weighted by Crippen LogP contribution is 2.13. The summed E-state index contributed by atoms with van der Waals surface area (Å²) in [7, 11) is 1.87. The summed E-state index contributed by atoms with van der Waals surface area (Å²) < 4.78 is 5.02. The summed E-state index contributed by atoms with van der Waals surface area (Å²) in [6.45, 7) is 4.23. The van der Waals surface area contributed by atoms with Crippen LogP contribution in [0, 0.1) is 6.92 Å². The van der Waals surface area contributed by atoms with E-state index in [0.717, 1.165) is 11.5 Å². The zero-order chi connectivity index (χ0) is 15.4. The van der Waals surface area contributed by atoms with Gasteiger partial charge in [-0.05, 0) is 39.1 Å². The Kier molecular flexibility index (Phi) is 4.59. The van der Waals surface area contributed by atoms with E-state index in [-0.39, 0.29) is 11.9 Å². The van der Waals surface area contributed by atoms with Crippen molar-refractivity contribution in [2.45, 2.75) is 26.4 Å². The minimum absolute atomic E-state index is 0.0942. The molecule has 0 spiro atoms. The van der Waals surface area contributed by atoms with Gasteiger partial charge in [-0.15, -0.1) is 0 Å². The van der Waals surface area contributed by atoms with Gasteiger partial charge in [0.2, 0.25) is 5.91 Å². The Labute approximate surface area is 123 Å². The van der Waals surface area contributed by atoms with Gasteiger partial charge in [-0.2, -0.15) is 0 Å². The number of benzene rings is 1. The molecular weight excluding hydrogens is 268 g/mol. The normalized spacial score (nSPS) is 12.4. The number of nitrogens with two attached hydrogens (primary N) is 1. The van der Waals surface area contributed by atoms with Crippen LogP contribution in [0.15, 0.2) is 34.9 Å². The molecule has 0 fully saturated rings. The van der Waals surface area contributed by atoms with Crippen molar-refractivity contribution in [3.63, 3.8) is 0 Å². The number of carbonyl (C=O) groups excluding carboxylic acids is 1. The van der Waals surface area contributed by atoms with Crippen molar-refractivity contribution in [1.82, 2.24) is 10.1 Å². The van der Waals surface area contributed by atoms with Crippen molar-refractivity contribution in [3.05, 3.63) is 41.8 Å². The number of carbonyl (C=O) groups is 1. The molecule has 0 bridgehead atoms. The fourth-order valence-corrected chi connectivity index (χ4v) is 1.95. The summed E-state index contributed by atoms with van der Waals surface area (Å²) in [5.41, 5.74) is 7.81. The number of aromatic nitrogens is 1. The Morgan fingerprint density at radius 1 is 1.48 bits per heavy atom. The molecule has 0 aliphatic carbocycles. The second-order valence-electron chi connectivity index (χ2n) is 5.13. The second-order valence-corrected chi connectivity index (χ2v) is 5.13. The maximum Gasteiger partial charge on any atom is 0.241 e. The molecule has 1 amide bonds. The molecule has 1 aromatic heterocycles. The molecule has 3 N–H and O–H groups in total. The lowest BCUT2D eigenvalue weighted by molar-refractivity contribution is -0.120. The number of nitrogens with zero attached hydrogens (tertiary/aromatic N) is 2.